The molecule has 1 aliphatic carbocycles. The third-order valence-electron chi connectivity index (χ3n) is 5.77. The van der Waals surface area contributed by atoms with Crippen LogP contribution >= 0.6 is 0 Å². The first-order valence-electron chi connectivity index (χ1n) is 8.69. The molecule has 2 fully saturated rings. The summed E-state index contributed by atoms with van der Waals surface area (Å²) in [7, 11) is 0. The maximum atomic E-state index is 11.9. The van der Waals surface area contributed by atoms with E-state index >= 15 is 0 Å². The van der Waals surface area contributed by atoms with Gasteiger partial charge in [0.05, 0.1) is 12.1 Å². The molecule has 0 radical (unpaired) electrons. The zero-order valence-corrected chi connectivity index (χ0v) is 16.0. The Hall–Kier alpha value is -1.52. The van der Waals surface area contributed by atoms with Crippen LogP contribution in [0, 0.1) is 16.2 Å². The van der Waals surface area contributed by atoms with Gasteiger partial charge in [-0.3, -0.25) is 0 Å². The van der Waals surface area contributed by atoms with Gasteiger partial charge in [-0.1, -0.05) is 47.1 Å². The number of carboxylic acid groups (broad SMARTS) is 1. The molecule has 0 aromatic heterocycles. The monoisotopic (exact) mass is 337 g/mol. The molecule has 1 amide bonds. The third-order valence-corrected chi connectivity index (χ3v) is 5.77. The molecule has 0 aromatic carbocycles. The van der Waals surface area contributed by atoms with E-state index in [1.807, 2.05) is 0 Å². The lowest BCUT2D eigenvalue weighted by atomic mass is 9.37. The minimum absolute atomic E-state index is 0.0970. The highest BCUT2D eigenvalue weighted by Crippen LogP contribution is 2.72. The first kappa shape index (κ1) is 18.8. The van der Waals surface area contributed by atoms with Gasteiger partial charge in [-0.25, -0.2) is 9.59 Å². The number of likely N-dealkylation sites (tertiary alicyclic amines) is 1. The van der Waals surface area contributed by atoms with Gasteiger partial charge in [-0.2, -0.15) is 0 Å². The number of hydrogen-bond donors (Lipinski definition) is 1. The Labute approximate surface area is 145 Å². The van der Waals surface area contributed by atoms with E-state index in [1.165, 1.54) is 0 Å². The summed E-state index contributed by atoms with van der Waals surface area (Å²) in [5.41, 5.74) is 0.0797. The summed E-state index contributed by atoms with van der Waals surface area (Å²) in [4.78, 5) is 25.2. The fourth-order valence-electron chi connectivity index (χ4n) is 6.11. The Balaban J connectivity index is 2.39. The molecule has 2 aliphatic rings. The maximum absolute atomic E-state index is 11.9. The predicted octanol–water partition coefficient (Wildman–Crippen LogP) is 4.08. The number of nitrogens with zero attached hydrogens (tertiary/aromatic N) is 1. The molecule has 0 bridgehead atoms. The highest BCUT2D eigenvalue weighted by Gasteiger charge is 2.76. The van der Waals surface area contributed by atoms with E-state index in [-0.39, 0.29) is 22.2 Å². The van der Waals surface area contributed by atoms with Crippen LogP contribution in [-0.2, 0) is 9.53 Å². The Morgan fingerprint density at radius 3 is 2.04 bits per heavy atom. The van der Waals surface area contributed by atoms with E-state index in [0.29, 0.717) is 13.2 Å². The van der Waals surface area contributed by atoms with E-state index in [4.69, 9.17) is 4.74 Å². The van der Waals surface area contributed by atoms with Crippen LogP contribution in [0.2, 0.25) is 0 Å². The van der Waals surface area contributed by atoms with E-state index in [1.54, 1.807) is 17.9 Å². The van der Waals surface area contributed by atoms with Crippen molar-refractivity contribution >= 4 is 12.1 Å². The molecule has 1 saturated carbocycles. The van der Waals surface area contributed by atoms with Crippen molar-refractivity contribution in [3.8, 4) is 0 Å². The summed E-state index contributed by atoms with van der Waals surface area (Å²) < 4.78 is 4.99. The van der Waals surface area contributed by atoms with Gasteiger partial charge in [-0.05, 0) is 30.6 Å². The van der Waals surface area contributed by atoms with Gasteiger partial charge in [0.25, 0.3) is 0 Å². The Morgan fingerprint density at radius 1 is 1.17 bits per heavy atom. The standard InChI is InChI=1S/C19H31NO4/c1-8-24-14(21)9-13-10-18(11-13)12-20(15(22)23)19(18,16(2,3)4)17(5,6)7/h9H,8,10-12H2,1-7H3,(H,22,23). The van der Waals surface area contributed by atoms with E-state index in [9.17, 15) is 14.7 Å². The summed E-state index contributed by atoms with van der Waals surface area (Å²) in [5, 5.41) is 9.77. The normalized spacial score (nSPS) is 25.8. The fraction of sp³-hybridized carbons (Fsp3) is 0.789. The van der Waals surface area contributed by atoms with Crippen LogP contribution in [0.15, 0.2) is 11.6 Å². The molecule has 1 heterocycles. The first-order chi connectivity index (χ1) is 10.8. The summed E-state index contributed by atoms with van der Waals surface area (Å²) in [6.07, 6.45) is 2.27. The maximum Gasteiger partial charge on any atom is 0.407 e. The molecule has 5 nitrogen and oxygen atoms in total. The highest BCUT2D eigenvalue weighted by atomic mass is 16.5. The van der Waals surface area contributed by atoms with Gasteiger partial charge < -0.3 is 14.7 Å². The summed E-state index contributed by atoms with van der Waals surface area (Å²) in [5.74, 6) is -0.297. The van der Waals surface area contributed by atoms with Crippen molar-refractivity contribution in [2.24, 2.45) is 16.2 Å². The molecule has 0 unspecified atom stereocenters. The molecule has 1 aliphatic heterocycles. The SMILES string of the molecule is CCOC(=O)C=C1CC2(C1)CN(C(=O)O)C2(C(C)(C)C)C(C)(C)C. The van der Waals surface area contributed by atoms with Crippen molar-refractivity contribution in [3.05, 3.63) is 11.6 Å². The second kappa shape index (κ2) is 5.50. The predicted molar refractivity (Wildman–Crippen MR) is 92.8 cm³/mol. The van der Waals surface area contributed by atoms with E-state index in [0.717, 1.165) is 18.4 Å². The van der Waals surface area contributed by atoms with Crippen LogP contribution in [-0.4, -0.2) is 40.8 Å². The molecule has 0 atom stereocenters. The average molecular weight is 337 g/mol. The number of rotatable bonds is 2. The van der Waals surface area contributed by atoms with Gasteiger partial charge >= 0.3 is 12.1 Å². The highest BCUT2D eigenvalue weighted by molar-refractivity contribution is 5.83. The summed E-state index contributed by atoms with van der Waals surface area (Å²) in [6.45, 7) is 15.5. The number of carbonyl (C=O) groups is 2. The topological polar surface area (TPSA) is 66.8 Å². The molecule has 5 heteroatoms. The number of allylic oxidation sites excluding steroid dienone is 1. The molecule has 1 saturated heterocycles. The van der Waals surface area contributed by atoms with Crippen LogP contribution in [0.25, 0.3) is 0 Å². The lowest BCUT2D eigenvalue weighted by Crippen LogP contribution is -2.86. The molecule has 0 aromatic rings. The van der Waals surface area contributed by atoms with Crippen LogP contribution in [0.4, 0.5) is 4.79 Å². The largest absolute Gasteiger partial charge is 0.465 e. The van der Waals surface area contributed by atoms with Crippen molar-refractivity contribution in [1.82, 2.24) is 4.90 Å². The average Bonchev–Trinajstić information content (AvgIpc) is 2.26. The molecular weight excluding hydrogens is 306 g/mol. The smallest absolute Gasteiger partial charge is 0.407 e. The second-order valence-corrected chi connectivity index (χ2v) is 9.27. The van der Waals surface area contributed by atoms with Gasteiger partial charge in [0, 0.05) is 18.0 Å². The third kappa shape index (κ3) is 2.35. The van der Waals surface area contributed by atoms with Crippen molar-refractivity contribution in [2.45, 2.75) is 66.8 Å². The Morgan fingerprint density at radius 2 is 1.67 bits per heavy atom. The van der Waals surface area contributed by atoms with E-state index < -0.39 is 11.6 Å². The second-order valence-electron chi connectivity index (χ2n) is 9.27. The van der Waals surface area contributed by atoms with Crippen molar-refractivity contribution in [1.29, 1.82) is 0 Å². The number of ether oxygens (including phenoxy) is 1. The lowest BCUT2D eigenvalue weighted by molar-refractivity contribution is -0.260. The summed E-state index contributed by atoms with van der Waals surface area (Å²) in [6, 6.07) is 0. The van der Waals surface area contributed by atoms with Crippen molar-refractivity contribution < 1.29 is 19.4 Å². The zero-order valence-electron chi connectivity index (χ0n) is 16.0. The van der Waals surface area contributed by atoms with Crippen LogP contribution in [0.3, 0.4) is 0 Å². The van der Waals surface area contributed by atoms with Gasteiger partial charge in [0.2, 0.25) is 0 Å². The van der Waals surface area contributed by atoms with Gasteiger partial charge in [-0.15, -0.1) is 0 Å². The quantitative estimate of drug-likeness (QED) is 0.609. The van der Waals surface area contributed by atoms with E-state index in [2.05, 4.69) is 41.5 Å². The Bertz CT molecular complexity index is 555. The minimum Gasteiger partial charge on any atom is -0.465 e. The number of carbonyl (C=O) groups excluding carboxylic acids is 1. The van der Waals surface area contributed by atoms with Crippen LogP contribution in [0.1, 0.15) is 61.3 Å². The van der Waals surface area contributed by atoms with Crippen molar-refractivity contribution in [3.63, 3.8) is 0 Å². The number of hydrogen-bond acceptors (Lipinski definition) is 3. The first-order valence-corrected chi connectivity index (χ1v) is 8.69. The number of esters is 1. The zero-order chi connectivity index (χ0) is 18.6. The van der Waals surface area contributed by atoms with Crippen molar-refractivity contribution in [2.75, 3.05) is 13.2 Å². The molecule has 1 spiro atoms. The molecule has 24 heavy (non-hydrogen) atoms. The van der Waals surface area contributed by atoms with Crippen LogP contribution < -0.4 is 0 Å². The molecule has 136 valence electrons. The fourth-order valence-corrected chi connectivity index (χ4v) is 6.11. The Kier molecular flexibility index (Phi) is 4.31. The minimum atomic E-state index is -0.853. The van der Waals surface area contributed by atoms with Crippen LogP contribution in [0.5, 0.6) is 0 Å². The number of amides is 1. The molecule has 2 rings (SSSR count). The van der Waals surface area contributed by atoms with Gasteiger partial charge in [0.1, 0.15) is 0 Å². The molecule has 1 N–H and O–H groups in total. The summed E-state index contributed by atoms with van der Waals surface area (Å²) >= 11 is 0. The molecular formula is C19H31NO4. The van der Waals surface area contributed by atoms with Gasteiger partial charge in [0.15, 0.2) is 0 Å². The lowest BCUT2D eigenvalue weighted by Gasteiger charge is -2.78.